The number of benzodiazepines with no additional fused rings is 1. The van der Waals surface area contributed by atoms with E-state index < -0.39 is 0 Å². The maximum atomic E-state index is 12.0. The smallest absolute Gasteiger partial charge is 0.246 e. The third-order valence-electron chi connectivity index (χ3n) is 4.46. The van der Waals surface area contributed by atoms with Gasteiger partial charge in [-0.3, -0.25) is 9.79 Å². The van der Waals surface area contributed by atoms with Crippen LogP contribution >= 0.6 is 23.2 Å². The topological polar surface area (TPSA) is 41.5 Å². The first kappa shape index (κ1) is 17.8. The molecule has 3 aromatic rings. The molecule has 0 bridgehead atoms. The highest BCUT2D eigenvalue weighted by atomic mass is 35.5. The fourth-order valence-electron chi connectivity index (χ4n) is 3.12. The number of hydrogen-bond acceptors (Lipinski definition) is 2. The summed E-state index contributed by atoms with van der Waals surface area (Å²) < 4.78 is 0. The summed E-state index contributed by atoms with van der Waals surface area (Å²) in [5.74, 6) is -0.130. The highest BCUT2D eigenvalue weighted by Gasteiger charge is 2.20. The Bertz CT molecular complexity index is 1010. The summed E-state index contributed by atoms with van der Waals surface area (Å²) in [4.78, 5) is 16.6. The number of rotatable bonds is 3. The standard InChI is InChI=1S/C22H16Cl2N2O/c23-17-9-6-14(7-10-17)21(24)16-8-11-19-18(12-16)22(25-13-20(27)26-19)15-4-2-1-3-5-15/h1-12,21H,13H2,(H,26,27). The summed E-state index contributed by atoms with van der Waals surface area (Å²) in [5, 5.41) is 3.26. The van der Waals surface area contributed by atoms with Gasteiger partial charge in [-0.2, -0.15) is 0 Å². The number of hydrogen-bond donors (Lipinski definition) is 1. The molecule has 0 saturated carbocycles. The lowest BCUT2D eigenvalue weighted by Crippen LogP contribution is -2.13. The maximum Gasteiger partial charge on any atom is 0.246 e. The van der Waals surface area contributed by atoms with E-state index in [9.17, 15) is 4.79 Å². The third kappa shape index (κ3) is 3.75. The molecule has 0 radical (unpaired) electrons. The Labute approximate surface area is 167 Å². The molecule has 27 heavy (non-hydrogen) atoms. The van der Waals surface area contributed by atoms with E-state index in [4.69, 9.17) is 23.2 Å². The number of aliphatic imine (C=N–C) groups is 1. The first-order valence-electron chi connectivity index (χ1n) is 8.55. The van der Waals surface area contributed by atoms with E-state index in [0.29, 0.717) is 5.02 Å². The van der Waals surface area contributed by atoms with Crippen molar-refractivity contribution in [3.05, 3.63) is 100 Å². The number of carbonyl (C=O) groups is 1. The molecule has 1 heterocycles. The van der Waals surface area contributed by atoms with Gasteiger partial charge < -0.3 is 5.32 Å². The summed E-state index contributed by atoms with van der Waals surface area (Å²) in [7, 11) is 0. The Morgan fingerprint density at radius 2 is 1.63 bits per heavy atom. The van der Waals surface area contributed by atoms with Crippen molar-refractivity contribution in [3.63, 3.8) is 0 Å². The Morgan fingerprint density at radius 1 is 0.926 bits per heavy atom. The SMILES string of the molecule is O=C1CN=C(c2ccccc2)c2cc(C(Cl)c3ccc(Cl)cc3)ccc2N1. The minimum Gasteiger partial charge on any atom is -0.324 e. The molecule has 0 aromatic heterocycles. The lowest BCUT2D eigenvalue weighted by Gasteiger charge is -2.15. The second kappa shape index (κ2) is 7.55. The van der Waals surface area contributed by atoms with Crippen LogP contribution in [0.1, 0.15) is 27.6 Å². The van der Waals surface area contributed by atoms with Gasteiger partial charge in [0.25, 0.3) is 0 Å². The minimum atomic E-state index is -0.330. The number of carbonyl (C=O) groups excluding carboxylic acids is 1. The molecule has 1 atom stereocenters. The first-order valence-corrected chi connectivity index (χ1v) is 9.37. The van der Waals surface area contributed by atoms with Crippen molar-refractivity contribution in [2.75, 3.05) is 11.9 Å². The van der Waals surface area contributed by atoms with Crippen LogP contribution in [0, 0.1) is 0 Å². The van der Waals surface area contributed by atoms with Gasteiger partial charge in [0.2, 0.25) is 5.91 Å². The van der Waals surface area contributed by atoms with Crippen LogP contribution in [-0.4, -0.2) is 18.2 Å². The molecule has 1 N–H and O–H groups in total. The Morgan fingerprint density at radius 3 is 2.37 bits per heavy atom. The molecule has 3 aromatic carbocycles. The lowest BCUT2D eigenvalue weighted by atomic mass is 9.96. The van der Waals surface area contributed by atoms with Crippen LogP contribution in [0.3, 0.4) is 0 Å². The van der Waals surface area contributed by atoms with Crippen molar-refractivity contribution >= 4 is 40.5 Å². The van der Waals surface area contributed by atoms with E-state index >= 15 is 0 Å². The Hall–Kier alpha value is -2.62. The molecule has 0 fully saturated rings. The van der Waals surface area contributed by atoms with E-state index in [1.165, 1.54) is 0 Å². The van der Waals surface area contributed by atoms with Crippen LogP contribution in [0.4, 0.5) is 5.69 Å². The molecule has 3 nitrogen and oxygen atoms in total. The van der Waals surface area contributed by atoms with Crippen LogP contribution < -0.4 is 5.32 Å². The third-order valence-corrected chi connectivity index (χ3v) is 5.21. The second-order valence-corrected chi connectivity index (χ2v) is 7.17. The van der Waals surface area contributed by atoms with Gasteiger partial charge in [0, 0.05) is 16.1 Å². The molecule has 1 unspecified atom stereocenters. The number of benzene rings is 3. The Balaban J connectivity index is 1.79. The highest BCUT2D eigenvalue weighted by Crippen LogP contribution is 2.33. The van der Waals surface area contributed by atoms with Crippen molar-refractivity contribution in [1.82, 2.24) is 0 Å². The number of alkyl halides is 1. The molecule has 134 valence electrons. The predicted octanol–water partition coefficient (Wildman–Crippen LogP) is 5.46. The van der Waals surface area contributed by atoms with E-state index in [1.54, 1.807) is 0 Å². The van der Waals surface area contributed by atoms with Gasteiger partial charge in [-0.05, 0) is 35.4 Å². The van der Waals surface area contributed by atoms with Gasteiger partial charge in [-0.15, -0.1) is 11.6 Å². The lowest BCUT2D eigenvalue weighted by molar-refractivity contribution is -0.114. The van der Waals surface area contributed by atoms with Gasteiger partial charge in [-0.25, -0.2) is 0 Å². The first-order chi connectivity index (χ1) is 13.1. The quantitative estimate of drug-likeness (QED) is 0.588. The Kier molecular flexibility index (Phi) is 4.97. The number of nitrogens with one attached hydrogen (secondary N) is 1. The zero-order chi connectivity index (χ0) is 18.8. The van der Waals surface area contributed by atoms with Crippen molar-refractivity contribution < 1.29 is 4.79 Å². The van der Waals surface area contributed by atoms with Crippen LogP contribution in [0.2, 0.25) is 5.02 Å². The van der Waals surface area contributed by atoms with E-state index in [-0.39, 0.29) is 17.8 Å². The van der Waals surface area contributed by atoms with Gasteiger partial charge in [-0.1, -0.05) is 60.1 Å². The number of nitrogens with zero attached hydrogens (tertiary/aromatic N) is 1. The second-order valence-electron chi connectivity index (χ2n) is 6.30. The summed E-state index contributed by atoms with van der Waals surface area (Å²) in [6.45, 7) is 0.0930. The van der Waals surface area contributed by atoms with Crippen LogP contribution in [0.15, 0.2) is 77.8 Å². The minimum absolute atomic E-state index is 0.0930. The number of fused-ring (bicyclic) bond motifs is 1. The molecule has 1 amide bonds. The molecule has 4 rings (SSSR count). The highest BCUT2D eigenvalue weighted by molar-refractivity contribution is 6.30. The van der Waals surface area contributed by atoms with Gasteiger partial charge in [0.15, 0.2) is 0 Å². The van der Waals surface area contributed by atoms with Crippen molar-refractivity contribution in [2.45, 2.75) is 5.38 Å². The van der Waals surface area contributed by atoms with Crippen LogP contribution in [0.25, 0.3) is 0 Å². The number of anilines is 1. The average molecular weight is 395 g/mol. The number of amides is 1. The van der Waals surface area contributed by atoms with Gasteiger partial charge >= 0.3 is 0 Å². The van der Waals surface area contributed by atoms with Gasteiger partial charge in [0.05, 0.1) is 16.8 Å². The molecule has 1 aliphatic rings. The summed E-state index contributed by atoms with van der Waals surface area (Å²) in [6.07, 6.45) is 0. The van der Waals surface area contributed by atoms with Crippen molar-refractivity contribution in [1.29, 1.82) is 0 Å². The van der Waals surface area contributed by atoms with Crippen molar-refractivity contribution in [3.8, 4) is 0 Å². The van der Waals surface area contributed by atoms with E-state index in [1.807, 2.05) is 72.8 Å². The largest absolute Gasteiger partial charge is 0.324 e. The average Bonchev–Trinajstić information content (AvgIpc) is 2.86. The fraction of sp³-hybridized carbons (Fsp3) is 0.0909. The van der Waals surface area contributed by atoms with Gasteiger partial charge in [0.1, 0.15) is 6.54 Å². The molecule has 0 saturated heterocycles. The monoisotopic (exact) mass is 394 g/mol. The molecule has 0 aliphatic carbocycles. The predicted molar refractivity (Wildman–Crippen MR) is 111 cm³/mol. The molecule has 1 aliphatic heterocycles. The van der Waals surface area contributed by atoms with Crippen LogP contribution in [0.5, 0.6) is 0 Å². The normalized spacial score (nSPS) is 14.6. The molecular weight excluding hydrogens is 379 g/mol. The number of halogens is 2. The maximum absolute atomic E-state index is 12.0. The van der Waals surface area contributed by atoms with Crippen LogP contribution in [-0.2, 0) is 4.79 Å². The van der Waals surface area contributed by atoms with Crippen molar-refractivity contribution in [2.24, 2.45) is 4.99 Å². The summed E-state index contributed by atoms with van der Waals surface area (Å²) >= 11 is 12.7. The summed E-state index contributed by atoms with van der Waals surface area (Å²) in [6, 6.07) is 23.1. The fourth-order valence-corrected chi connectivity index (χ4v) is 3.52. The summed E-state index contributed by atoms with van der Waals surface area (Å²) in [5.41, 5.74) is 5.23. The molecule has 5 heteroatoms. The van der Waals surface area contributed by atoms with E-state index in [2.05, 4.69) is 10.3 Å². The zero-order valence-electron chi connectivity index (χ0n) is 14.3. The molecule has 0 spiro atoms. The molecular formula is C22H16Cl2N2O. The van der Waals surface area contributed by atoms with E-state index in [0.717, 1.165) is 33.7 Å². The zero-order valence-corrected chi connectivity index (χ0v) is 15.8.